The summed E-state index contributed by atoms with van der Waals surface area (Å²) in [6.45, 7) is 1.67. The van der Waals surface area contributed by atoms with Gasteiger partial charge in [0.2, 0.25) is 0 Å². The molecule has 4 nitrogen and oxygen atoms in total. The quantitative estimate of drug-likeness (QED) is 0.771. The second kappa shape index (κ2) is 3.86. The average molecular weight is 249 g/mol. The van der Waals surface area contributed by atoms with E-state index in [2.05, 4.69) is 5.32 Å². The number of amides is 2. The first-order valence-electron chi connectivity index (χ1n) is 7.54. The topological polar surface area (TPSA) is 58.4 Å². The number of hydrogen-bond acceptors (Lipinski definition) is 2. The highest BCUT2D eigenvalue weighted by Crippen LogP contribution is 2.65. The van der Waals surface area contributed by atoms with Crippen LogP contribution < -0.4 is 11.1 Å². The van der Waals surface area contributed by atoms with Gasteiger partial charge in [0.15, 0.2) is 0 Å². The average Bonchev–Trinajstić information content (AvgIpc) is 2.78. The minimum Gasteiger partial charge on any atom is -0.351 e. The second-order valence-corrected chi connectivity index (χ2v) is 6.78. The number of urea groups is 1. The molecule has 4 unspecified atom stereocenters. The van der Waals surface area contributed by atoms with Gasteiger partial charge in [-0.3, -0.25) is 0 Å². The second-order valence-electron chi connectivity index (χ2n) is 6.78. The Hall–Kier alpha value is -0.770. The lowest BCUT2D eigenvalue weighted by Crippen LogP contribution is -2.47. The van der Waals surface area contributed by atoms with Crippen LogP contribution in [0.25, 0.3) is 0 Å². The molecular formula is C14H23N3O. The number of hydrogen-bond donors (Lipinski definition) is 2. The Morgan fingerprint density at radius 1 is 1.06 bits per heavy atom. The Kier molecular flexibility index (Phi) is 2.38. The van der Waals surface area contributed by atoms with Crippen LogP contribution in [0.5, 0.6) is 0 Å². The Labute approximate surface area is 108 Å². The largest absolute Gasteiger partial charge is 0.351 e. The zero-order valence-corrected chi connectivity index (χ0v) is 10.8. The third-order valence-corrected chi connectivity index (χ3v) is 5.97. The van der Waals surface area contributed by atoms with Gasteiger partial charge in [0.1, 0.15) is 0 Å². The molecule has 2 amide bonds. The van der Waals surface area contributed by atoms with Crippen molar-refractivity contribution < 1.29 is 4.79 Å². The number of fused-ring (bicyclic) bond motifs is 5. The van der Waals surface area contributed by atoms with Crippen molar-refractivity contribution in [3.8, 4) is 0 Å². The maximum absolute atomic E-state index is 11.1. The van der Waals surface area contributed by atoms with Crippen LogP contribution in [0, 0.1) is 23.7 Å². The molecule has 0 aromatic rings. The summed E-state index contributed by atoms with van der Waals surface area (Å²) in [5.74, 6) is 4.11. The van der Waals surface area contributed by atoms with Crippen molar-refractivity contribution in [2.45, 2.75) is 44.2 Å². The molecule has 3 aliphatic carbocycles. The van der Waals surface area contributed by atoms with E-state index in [4.69, 9.17) is 5.73 Å². The smallest absolute Gasteiger partial charge is 0.314 e. The molecule has 2 bridgehead atoms. The summed E-state index contributed by atoms with van der Waals surface area (Å²) in [5.41, 5.74) is 5.31. The number of primary amides is 1. The van der Waals surface area contributed by atoms with Gasteiger partial charge in [0.05, 0.1) is 0 Å². The SMILES string of the molecule is NC(=O)N1CCC(NC2C3C4CCC(C4)C23)CC1. The predicted octanol–water partition coefficient (Wildman–Crippen LogP) is 1.16. The van der Waals surface area contributed by atoms with Gasteiger partial charge in [-0.1, -0.05) is 0 Å². The number of nitrogens with zero attached hydrogens (tertiary/aromatic N) is 1. The molecule has 100 valence electrons. The molecule has 18 heavy (non-hydrogen) atoms. The van der Waals surface area contributed by atoms with Crippen molar-refractivity contribution in [3.05, 3.63) is 0 Å². The number of nitrogens with two attached hydrogens (primary N) is 1. The standard InChI is InChI=1S/C14H23N3O/c15-14(18)17-5-3-10(4-6-17)16-13-11-8-1-2-9(7-8)12(11)13/h8-13,16H,1-7H2,(H2,15,18). The molecule has 3 N–H and O–H groups in total. The summed E-state index contributed by atoms with van der Waals surface area (Å²) in [6.07, 6.45) is 6.66. The van der Waals surface area contributed by atoms with Crippen molar-refractivity contribution in [1.29, 1.82) is 0 Å². The molecule has 1 aliphatic heterocycles. The molecule has 4 heteroatoms. The minimum absolute atomic E-state index is 0.255. The van der Waals surface area contributed by atoms with Crippen LogP contribution in [0.2, 0.25) is 0 Å². The Balaban J connectivity index is 1.29. The van der Waals surface area contributed by atoms with Crippen LogP contribution in [0.4, 0.5) is 4.79 Å². The molecule has 4 aliphatic rings. The van der Waals surface area contributed by atoms with Gasteiger partial charge in [-0.15, -0.1) is 0 Å². The lowest BCUT2D eigenvalue weighted by molar-refractivity contribution is 0.183. The first-order valence-corrected chi connectivity index (χ1v) is 7.54. The molecule has 0 radical (unpaired) electrons. The van der Waals surface area contributed by atoms with Crippen LogP contribution in [0.3, 0.4) is 0 Å². The number of piperidine rings is 1. The van der Waals surface area contributed by atoms with Crippen molar-refractivity contribution >= 4 is 6.03 Å². The summed E-state index contributed by atoms with van der Waals surface area (Å²) >= 11 is 0. The van der Waals surface area contributed by atoms with E-state index < -0.39 is 0 Å². The van der Waals surface area contributed by atoms with Gasteiger partial charge in [0, 0.05) is 25.2 Å². The first kappa shape index (κ1) is 11.1. The highest BCUT2D eigenvalue weighted by molar-refractivity contribution is 5.72. The third kappa shape index (κ3) is 1.58. The fraction of sp³-hybridized carbons (Fsp3) is 0.929. The van der Waals surface area contributed by atoms with Gasteiger partial charge in [-0.2, -0.15) is 0 Å². The Morgan fingerprint density at radius 2 is 1.67 bits per heavy atom. The van der Waals surface area contributed by atoms with Gasteiger partial charge in [-0.05, 0) is 55.8 Å². The van der Waals surface area contributed by atoms with Crippen LogP contribution in [0.15, 0.2) is 0 Å². The summed E-state index contributed by atoms with van der Waals surface area (Å²) in [7, 11) is 0. The van der Waals surface area contributed by atoms with E-state index in [9.17, 15) is 4.79 Å². The highest BCUT2D eigenvalue weighted by atomic mass is 16.2. The van der Waals surface area contributed by atoms with Gasteiger partial charge in [0.25, 0.3) is 0 Å². The van der Waals surface area contributed by atoms with E-state index in [1.807, 2.05) is 0 Å². The fourth-order valence-electron chi connectivity index (χ4n) is 5.09. The normalized spacial score (nSPS) is 46.2. The minimum atomic E-state index is -0.255. The summed E-state index contributed by atoms with van der Waals surface area (Å²) < 4.78 is 0. The van der Waals surface area contributed by atoms with Crippen molar-refractivity contribution in [2.75, 3.05) is 13.1 Å². The zero-order chi connectivity index (χ0) is 12.3. The lowest BCUT2D eigenvalue weighted by Gasteiger charge is -2.32. The molecule has 3 saturated carbocycles. The van der Waals surface area contributed by atoms with Crippen LogP contribution in [-0.2, 0) is 0 Å². The number of carbonyl (C=O) groups excluding carboxylic acids is 1. The predicted molar refractivity (Wildman–Crippen MR) is 68.9 cm³/mol. The maximum Gasteiger partial charge on any atom is 0.314 e. The number of carbonyl (C=O) groups is 1. The van der Waals surface area contributed by atoms with E-state index >= 15 is 0 Å². The van der Waals surface area contributed by atoms with Gasteiger partial charge < -0.3 is 16.0 Å². The summed E-state index contributed by atoms with van der Waals surface area (Å²) in [5, 5.41) is 3.88. The van der Waals surface area contributed by atoms with Gasteiger partial charge >= 0.3 is 6.03 Å². The van der Waals surface area contributed by atoms with E-state index in [-0.39, 0.29) is 6.03 Å². The van der Waals surface area contributed by atoms with Crippen molar-refractivity contribution in [1.82, 2.24) is 10.2 Å². The van der Waals surface area contributed by atoms with E-state index in [1.165, 1.54) is 19.3 Å². The molecule has 4 atom stereocenters. The molecular weight excluding hydrogens is 226 g/mol. The van der Waals surface area contributed by atoms with Crippen LogP contribution in [-0.4, -0.2) is 36.1 Å². The molecule has 1 heterocycles. The first-order chi connectivity index (χ1) is 8.74. The van der Waals surface area contributed by atoms with E-state index in [1.54, 1.807) is 4.90 Å². The number of rotatable bonds is 2. The summed E-state index contributed by atoms with van der Waals surface area (Å²) in [6, 6.07) is 1.19. The van der Waals surface area contributed by atoms with Crippen LogP contribution in [0.1, 0.15) is 32.1 Å². The Bertz CT molecular complexity index is 348. The lowest BCUT2D eigenvalue weighted by atomic mass is 10.0. The monoisotopic (exact) mass is 249 g/mol. The van der Waals surface area contributed by atoms with Gasteiger partial charge in [-0.25, -0.2) is 4.79 Å². The Morgan fingerprint density at radius 3 is 2.22 bits per heavy atom. The molecule has 0 aromatic carbocycles. The fourth-order valence-corrected chi connectivity index (χ4v) is 5.09. The van der Waals surface area contributed by atoms with E-state index in [0.29, 0.717) is 6.04 Å². The van der Waals surface area contributed by atoms with Crippen molar-refractivity contribution in [2.24, 2.45) is 29.4 Å². The van der Waals surface area contributed by atoms with Crippen LogP contribution >= 0.6 is 0 Å². The molecule has 0 aromatic heterocycles. The van der Waals surface area contributed by atoms with E-state index in [0.717, 1.165) is 55.6 Å². The highest BCUT2D eigenvalue weighted by Gasteiger charge is 2.64. The van der Waals surface area contributed by atoms with Crippen molar-refractivity contribution in [3.63, 3.8) is 0 Å². The summed E-state index contributed by atoms with van der Waals surface area (Å²) in [4.78, 5) is 12.9. The zero-order valence-electron chi connectivity index (χ0n) is 10.8. The molecule has 4 fully saturated rings. The molecule has 1 saturated heterocycles. The number of likely N-dealkylation sites (tertiary alicyclic amines) is 1. The molecule has 0 spiro atoms. The number of nitrogens with one attached hydrogen (secondary N) is 1. The third-order valence-electron chi connectivity index (χ3n) is 5.97. The molecule has 4 rings (SSSR count). The maximum atomic E-state index is 11.1.